The lowest BCUT2D eigenvalue weighted by Crippen LogP contribution is -2.54. The normalized spacial score (nSPS) is 21.9. The van der Waals surface area contributed by atoms with Crippen molar-refractivity contribution in [2.75, 3.05) is 50.4 Å². The number of fused-ring (bicyclic) bond motifs is 4. The van der Waals surface area contributed by atoms with Crippen LogP contribution in [0.4, 0.5) is 19.7 Å². The fourth-order valence-electron chi connectivity index (χ4n) is 6.58. The first kappa shape index (κ1) is 25.5. The van der Waals surface area contributed by atoms with Crippen molar-refractivity contribution in [2.45, 2.75) is 38.6 Å². The molecule has 0 aliphatic carbocycles. The predicted octanol–water partition coefficient (Wildman–Crippen LogP) is 3.88. The average Bonchev–Trinajstić information content (AvgIpc) is 3.69. The lowest BCUT2D eigenvalue weighted by molar-refractivity contribution is 0.0686. The van der Waals surface area contributed by atoms with Crippen LogP contribution in [0.3, 0.4) is 0 Å². The summed E-state index contributed by atoms with van der Waals surface area (Å²) in [7, 11) is 2.16. The average molecular weight is 563 g/mol. The summed E-state index contributed by atoms with van der Waals surface area (Å²) in [6.07, 6.45) is 3.73. The molecule has 206 valence electrons. The molecule has 4 aromatic rings. The van der Waals surface area contributed by atoms with Crippen LogP contribution in [0.15, 0.2) is 12.4 Å². The van der Waals surface area contributed by atoms with E-state index in [1.165, 1.54) is 0 Å². The van der Waals surface area contributed by atoms with E-state index in [-0.39, 0.29) is 50.6 Å². The maximum Gasteiger partial charge on any atom is 0.226 e. The number of thiophene rings is 1. The van der Waals surface area contributed by atoms with Gasteiger partial charge in [0.1, 0.15) is 16.6 Å². The number of hydrogen-bond acceptors (Lipinski definition) is 10. The van der Waals surface area contributed by atoms with Crippen molar-refractivity contribution in [3.8, 4) is 17.3 Å². The van der Waals surface area contributed by atoms with E-state index in [0.717, 1.165) is 62.2 Å². The Kier molecular flexibility index (Phi) is 6.08. The van der Waals surface area contributed by atoms with Crippen molar-refractivity contribution in [2.24, 2.45) is 0 Å². The molecule has 0 spiro atoms. The summed E-state index contributed by atoms with van der Waals surface area (Å²) in [4.78, 5) is 20.7. The van der Waals surface area contributed by atoms with Gasteiger partial charge in [0.05, 0.1) is 35.4 Å². The molecule has 2 N–H and O–H groups in total. The number of piperazine rings is 1. The molecule has 12 heteroatoms. The largest absolute Gasteiger partial charge is 0.389 e. The molecule has 3 aromatic heterocycles. The maximum absolute atomic E-state index is 16.6. The summed E-state index contributed by atoms with van der Waals surface area (Å²) in [6.45, 7) is 7.38. The highest BCUT2D eigenvalue weighted by atomic mass is 32.1. The summed E-state index contributed by atoms with van der Waals surface area (Å²) in [5.41, 5.74) is 8.05. The Balaban J connectivity index is 1.33. The van der Waals surface area contributed by atoms with Gasteiger partial charge in [-0.2, -0.15) is 5.26 Å². The molecular formula is C28H28F2N8OS. The number of pyridine rings is 1. The van der Waals surface area contributed by atoms with Crippen LogP contribution < -0.4 is 10.6 Å². The Morgan fingerprint density at radius 3 is 2.75 bits per heavy atom. The van der Waals surface area contributed by atoms with Gasteiger partial charge in [0.2, 0.25) is 5.95 Å². The van der Waals surface area contributed by atoms with Gasteiger partial charge in [-0.05, 0) is 31.5 Å². The molecule has 0 amide bonds. The minimum Gasteiger partial charge on any atom is -0.389 e. The monoisotopic (exact) mass is 562 g/mol. The van der Waals surface area contributed by atoms with E-state index in [1.807, 2.05) is 6.07 Å². The van der Waals surface area contributed by atoms with Crippen molar-refractivity contribution in [3.05, 3.63) is 40.7 Å². The van der Waals surface area contributed by atoms with E-state index < -0.39 is 11.6 Å². The summed E-state index contributed by atoms with van der Waals surface area (Å²) in [5.74, 6) is -0.704. The van der Waals surface area contributed by atoms with Crippen molar-refractivity contribution in [1.29, 1.82) is 5.26 Å². The van der Waals surface area contributed by atoms with E-state index in [0.29, 0.717) is 29.0 Å². The standard InChI is InChI=1S/C28H28F2N8OS/c1-14-10-36(2)5-6-38(14)15-3-4-37(11-15)28-34-8-17-18-12-39-13-19(18)21(23(30)24(17)35-28)25-22-16(7-31)27(32)40-26(22)20(29)9-33-25/h8-9,14-15H,3-6,10-13,32H2,1-2H3/t14-,15-/m0/s1. The number of hydrogen-bond donors (Lipinski definition) is 1. The molecule has 40 heavy (non-hydrogen) atoms. The van der Waals surface area contributed by atoms with Crippen molar-refractivity contribution in [1.82, 2.24) is 24.8 Å². The number of rotatable bonds is 3. The number of nitrogen functional groups attached to an aromatic ring is 1. The lowest BCUT2D eigenvalue weighted by atomic mass is 9.94. The molecule has 7 rings (SSSR count). The summed E-state index contributed by atoms with van der Waals surface area (Å²) < 4.78 is 37.2. The van der Waals surface area contributed by atoms with Crippen LogP contribution in [0.5, 0.6) is 0 Å². The first-order valence-corrected chi connectivity index (χ1v) is 14.2. The van der Waals surface area contributed by atoms with Crippen molar-refractivity contribution in [3.63, 3.8) is 0 Å². The van der Waals surface area contributed by atoms with Gasteiger partial charge < -0.3 is 20.3 Å². The fraction of sp³-hybridized carbons (Fsp3) is 0.429. The molecule has 3 aliphatic rings. The molecule has 1 aromatic carbocycles. The zero-order valence-electron chi connectivity index (χ0n) is 22.2. The van der Waals surface area contributed by atoms with Gasteiger partial charge in [-0.25, -0.2) is 18.7 Å². The number of benzene rings is 1. The molecule has 2 fully saturated rings. The highest BCUT2D eigenvalue weighted by Gasteiger charge is 2.35. The molecule has 0 unspecified atom stereocenters. The molecule has 6 heterocycles. The van der Waals surface area contributed by atoms with E-state index in [1.54, 1.807) is 6.20 Å². The van der Waals surface area contributed by atoms with Gasteiger partial charge in [0, 0.05) is 67.3 Å². The molecule has 0 radical (unpaired) electrons. The fourth-order valence-corrected chi connectivity index (χ4v) is 7.50. The zero-order valence-corrected chi connectivity index (χ0v) is 23.1. The number of anilines is 2. The number of nitriles is 1. The first-order valence-electron chi connectivity index (χ1n) is 13.4. The Bertz CT molecular complexity index is 1720. The van der Waals surface area contributed by atoms with Gasteiger partial charge in [0.15, 0.2) is 11.6 Å². The third-order valence-corrected chi connectivity index (χ3v) is 9.56. The summed E-state index contributed by atoms with van der Waals surface area (Å²) >= 11 is 0.961. The van der Waals surface area contributed by atoms with Crippen LogP contribution >= 0.6 is 11.3 Å². The zero-order chi connectivity index (χ0) is 27.7. The first-order chi connectivity index (χ1) is 19.4. The second kappa shape index (κ2) is 9.55. The highest BCUT2D eigenvalue weighted by Crippen LogP contribution is 2.45. The van der Waals surface area contributed by atoms with Gasteiger partial charge in [-0.3, -0.25) is 9.88 Å². The number of likely N-dealkylation sites (N-methyl/N-ethyl adjacent to an activating group) is 1. The van der Waals surface area contributed by atoms with Crippen molar-refractivity contribution >= 4 is 43.3 Å². The molecule has 9 nitrogen and oxygen atoms in total. The predicted molar refractivity (Wildman–Crippen MR) is 150 cm³/mol. The number of nitrogens with two attached hydrogens (primary N) is 1. The highest BCUT2D eigenvalue weighted by molar-refractivity contribution is 7.23. The van der Waals surface area contributed by atoms with E-state index in [9.17, 15) is 9.65 Å². The Morgan fingerprint density at radius 2 is 1.95 bits per heavy atom. The van der Waals surface area contributed by atoms with Gasteiger partial charge in [-0.15, -0.1) is 11.3 Å². The van der Waals surface area contributed by atoms with Gasteiger partial charge in [-0.1, -0.05) is 0 Å². The molecule has 0 bridgehead atoms. The lowest BCUT2D eigenvalue weighted by Gasteiger charge is -2.41. The third-order valence-electron chi connectivity index (χ3n) is 8.53. The van der Waals surface area contributed by atoms with Crippen LogP contribution in [-0.4, -0.2) is 76.6 Å². The van der Waals surface area contributed by atoms with Gasteiger partial charge >= 0.3 is 0 Å². The quantitative estimate of drug-likeness (QED) is 0.398. The van der Waals surface area contributed by atoms with Crippen molar-refractivity contribution < 1.29 is 13.5 Å². The Morgan fingerprint density at radius 1 is 1.12 bits per heavy atom. The second-order valence-electron chi connectivity index (χ2n) is 10.9. The van der Waals surface area contributed by atoms with Crippen LogP contribution in [0.25, 0.3) is 32.2 Å². The summed E-state index contributed by atoms with van der Waals surface area (Å²) in [5, 5.41) is 10.8. The van der Waals surface area contributed by atoms with Crippen LogP contribution in [0.2, 0.25) is 0 Å². The molecule has 3 aliphatic heterocycles. The molecule has 0 saturated carbocycles. The van der Waals surface area contributed by atoms with Crippen LogP contribution in [0, 0.1) is 23.0 Å². The number of ether oxygens (including phenoxy) is 1. The maximum atomic E-state index is 16.6. The molecular weight excluding hydrogens is 534 g/mol. The smallest absolute Gasteiger partial charge is 0.226 e. The van der Waals surface area contributed by atoms with Crippen LogP contribution in [0.1, 0.15) is 30.0 Å². The van der Waals surface area contributed by atoms with E-state index in [4.69, 9.17) is 15.5 Å². The third kappa shape index (κ3) is 3.83. The number of nitrogens with zero attached hydrogens (tertiary/aromatic N) is 7. The van der Waals surface area contributed by atoms with Gasteiger partial charge in [0.25, 0.3) is 0 Å². The summed E-state index contributed by atoms with van der Waals surface area (Å²) in [6, 6.07) is 2.91. The Hall–Kier alpha value is -3.50. The Labute approximate surface area is 233 Å². The second-order valence-corrected chi connectivity index (χ2v) is 12.0. The minimum atomic E-state index is -0.603. The number of halogens is 2. The molecule has 2 atom stereocenters. The van der Waals surface area contributed by atoms with Crippen LogP contribution in [-0.2, 0) is 18.0 Å². The minimum absolute atomic E-state index is 0.0961. The van der Waals surface area contributed by atoms with E-state index in [2.05, 4.69) is 38.6 Å². The molecule has 2 saturated heterocycles. The number of aromatic nitrogens is 3. The SMILES string of the molecule is C[C@H]1CN(C)CCN1[C@H]1CCN(c2ncc3c4c(c(-c5ncc(F)c6sc(N)c(C#N)c56)c(F)c3n2)COC4)C1. The van der Waals surface area contributed by atoms with E-state index >= 15 is 4.39 Å². The topological polar surface area (TPSA) is 107 Å².